The Morgan fingerprint density at radius 3 is 2.31 bits per heavy atom. The second kappa shape index (κ2) is 6.69. The summed E-state index contributed by atoms with van der Waals surface area (Å²) in [6.45, 7) is 8.52. The molecular weight excluding hydrogens is 229 g/mol. The molecule has 0 aromatic heterocycles. The van der Waals surface area contributed by atoms with E-state index in [0.717, 1.165) is 0 Å². The van der Waals surface area contributed by atoms with E-state index >= 15 is 0 Å². The Labute approximate surface area is 96.9 Å². The van der Waals surface area contributed by atoms with Gasteiger partial charge < -0.3 is 15.2 Å². The summed E-state index contributed by atoms with van der Waals surface area (Å²) >= 11 is 0. The van der Waals surface area contributed by atoms with Gasteiger partial charge in [0.25, 0.3) is 0 Å². The summed E-state index contributed by atoms with van der Waals surface area (Å²) in [5.41, 5.74) is 0. The Morgan fingerprint density at radius 1 is 1.38 bits per heavy atom. The standard InChI is InChI=1S/C10H20NO4P/c1-5-11-10(14)15-8(6-9(12)13)7-16(2,3)4/h8H,5-7H2,1-4H3,(H-,11,12,13,14)/p+1. The van der Waals surface area contributed by atoms with E-state index in [4.69, 9.17) is 9.84 Å². The van der Waals surface area contributed by atoms with Gasteiger partial charge in [-0.1, -0.05) is 0 Å². The number of aliphatic carboxylic acids is 1. The lowest BCUT2D eigenvalue weighted by Crippen LogP contribution is -2.32. The molecule has 1 unspecified atom stereocenters. The number of carbonyl (C=O) groups is 2. The largest absolute Gasteiger partial charge is 0.481 e. The van der Waals surface area contributed by atoms with Crippen LogP contribution in [0, 0.1) is 0 Å². The normalized spacial score (nSPS) is 13.0. The number of alkyl carbamates (subject to hydrolysis) is 1. The molecule has 0 aromatic rings. The molecule has 0 aliphatic rings. The molecule has 16 heavy (non-hydrogen) atoms. The second-order valence-corrected chi connectivity index (χ2v) is 9.57. The Bertz CT molecular complexity index is 250. The summed E-state index contributed by atoms with van der Waals surface area (Å²) in [7, 11) is -1.17. The predicted octanol–water partition coefficient (Wildman–Crippen LogP) is 1.48. The highest BCUT2D eigenvalue weighted by Crippen LogP contribution is 2.47. The lowest BCUT2D eigenvalue weighted by Gasteiger charge is -2.20. The lowest BCUT2D eigenvalue weighted by atomic mass is 10.3. The molecule has 5 nitrogen and oxygen atoms in total. The molecule has 0 saturated heterocycles. The van der Waals surface area contributed by atoms with Crippen LogP contribution in [-0.2, 0) is 9.53 Å². The van der Waals surface area contributed by atoms with Gasteiger partial charge in [0.2, 0.25) is 0 Å². The molecule has 2 N–H and O–H groups in total. The molecule has 1 amide bonds. The number of amides is 1. The average Bonchev–Trinajstić information content (AvgIpc) is 1.98. The van der Waals surface area contributed by atoms with E-state index in [1.54, 1.807) is 6.92 Å². The zero-order valence-electron chi connectivity index (χ0n) is 10.3. The molecular formula is C10H21NO4P+. The van der Waals surface area contributed by atoms with Crippen molar-refractivity contribution in [2.45, 2.75) is 19.4 Å². The number of hydrogen-bond acceptors (Lipinski definition) is 3. The number of carboxylic acids is 1. The first kappa shape index (κ1) is 15.2. The van der Waals surface area contributed by atoms with Crippen molar-refractivity contribution in [1.29, 1.82) is 0 Å². The van der Waals surface area contributed by atoms with Crippen LogP contribution in [0.3, 0.4) is 0 Å². The summed E-state index contributed by atoms with van der Waals surface area (Å²) in [5.74, 6) is -0.942. The quantitative estimate of drug-likeness (QED) is 0.700. The minimum absolute atomic E-state index is 0.131. The maximum Gasteiger partial charge on any atom is 0.407 e. The smallest absolute Gasteiger partial charge is 0.407 e. The zero-order valence-corrected chi connectivity index (χ0v) is 11.2. The highest BCUT2D eigenvalue weighted by atomic mass is 31.2. The van der Waals surface area contributed by atoms with Crippen LogP contribution in [0.2, 0.25) is 0 Å². The summed E-state index contributed by atoms with van der Waals surface area (Å²) in [4.78, 5) is 21.8. The number of carbonyl (C=O) groups excluding carboxylic acids is 1. The molecule has 0 fully saturated rings. The van der Waals surface area contributed by atoms with E-state index in [2.05, 4.69) is 25.3 Å². The van der Waals surface area contributed by atoms with E-state index in [9.17, 15) is 9.59 Å². The third kappa shape index (κ3) is 8.48. The fourth-order valence-corrected chi connectivity index (χ4v) is 2.71. The van der Waals surface area contributed by atoms with Crippen LogP contribution in [-0.4, -0.2) is 56.0 Å². The first-order chi connectivity index (χ1) is 7.24. The van der Waals surface area contributed by atoms with Crippen molar-refractivity contribution in [2.24, 2.45) is 0 Å². The number of ether oxygens (including phenoxy) is 1. The van der Waals surface area contributed by atoms with Crippen molar-refractivity contribution >= 4 is 19.3 Å². The Balaban J connectivity index is 4.31. The molecule has 0 bridgehead atoms. The molecule has 0 rings (SSSR count). The van der Waals surface area contributed by atoms with Crippen molar-refractivity contribution < 1.29 is 19.4 Å². The van der Waals surface area contributed by atoms with Crippen LogP contribution in [0.5, 0.6) is 0 Å². The van der Waals surface area contributed by atoms with Crippen LogP contribution in [0.1, 0.15) is 13.3 Å². The van der Waals surface area contributed by atoms with Gasteiger partial charge in [0.1, 0.15) is 6.10 Å². The number of carboxylic acid groups (broad SMARTS) is 1. The fraction of sp³-hybridized carbons (Fsp3) is 0.800. The van der Waals surface area contributed by atoms with Gasteiger partial charge in [0, 0.05) is 33.8 Å². The molecule has 0 aliphatic heterocycles. The Kier molecular flexibility index (Phi) is 6.34. The third-order valence-corrected chi connectivity index (χ3v) is 3.25. The average molecular weight is 250 g/mol. The maximum atomic E-state index is 11.2. The minimum atomic E-state index is -1.17. The molecule has 0 heterocycles. The van der Waals surface area contributed by atoms with Gasteiger partial charge in [0.05, 0.1) is 12.6 Å². The predicted molar refractivity (Wildman–Crippen MR) is 65.8 cm³/mol. The number of hydrogen-bond donors (Lipinski definition) is 2. The molecule has 0 saturated carbocycles. The second-order valence-electron chi connectivity index (χ2n) is 4.63. The summed E-state index contributed by atoms with van der Waals surface area (Å²) < 4.78 is 5.07. The fourth-order valence-electron chi connectivity index (χ4n) is 1.29. The van der Waals surface area contributed by atoms with Crippen molar-refractivity contribution in [2.75, 3.05) is 32.7 Å². The van der Waals surface area contributed by atoms with Gasteiger partial charge in [-0.05, 0) is 6.92 Å². The van der Waals surface area contributed by atoms with E-state index in [1.165, 1.54) is 0 Å². The first-order valence-electron chi connectivity index (χ1n) is 5.21. The monoisotopic (exact) mass is 250 g/mol. The van der Waals surface area contributed by atoms with Gasteiger partial charge in [-0.15, -0.1) is 0 Å². The molecule has 0 aromatic carbocycles. The van der Waals surface area contributed by atoms with Crippen LogP contribution in [0.25, 0.3) is 0 Å². The summed E-state index contributed by atoms with van der Waals surface area (Å²) in [6, 6.07) is 0. The van der Waals surface area contributed by atoms with E-state index in [-0.39, 0.29) is 6.42 Å². The van der Waals surface area contributed by atoms with Crippen molar-refractivity contribution in [3.05, 3.63) is 0 Å². The summed E-state index contributed by atoms with van der Waals surface area (Å²) in [5, 5.41) is 11.2. The topological polar surface area (TPSA) is 75.6 Å². The zero-order chi connectivity index (χ0) is 12.8. The summed E-state index contributed by atoms with van der Waals surface area (Å²) in [6.07, 6.45) is -0.565. The van der Waals surface area contributed by atoms with Crippen LogP contribution in [0.4, 0.5) is 4.79 Å². The van der Waals surface area contributed by atoms with E-state index in [0.29, 0.717) is 12.7 Å². The lowest BCUT2D eigenvalue weighted by molar-refractivity contribution is -0.138. The number of rotatable bonds is 6. The Hall–Kier alpha value is -0.830. The molecule has 94 valence electrons. The minimum Gasteiger partial charge on any atom is -0.481 e. The van der Waals surface area contributed by atoms with Crippen molar-refractivity contribution in [1.82, 2.24) is 5.32 Å². The van der Waals surface area contributed by atoms with Crippen LogP contribution in [0.15, 0.2) is 0 Å². The van der Waals surface area contributed by atoms with E-state index in [1.807, 2.05) is 0 Å². The molecule has 0 spiro atoms. The molecule has 1 atom stereocenters. The van der Waals surface area contributed by atoms with Gasteiger partial charge >= 0.3 is 12.1 Å². The SMILES string of the molecule is CCNC(=O)OC(CC(=O)O)C[P+](C)(C)C. The van der Waals surface area contributed by atoms with Gasteiger partial charge in [0.15, 0.2) is 0 Å². The van der Waals surface area contributed by atoms with Crippen LogP contribution < -0.4 is 5.32 Å². The van der Waals surface area contributed by atoms with Gasteiger partial charge in [-0.2, -0.15) is 0 Å². The maximum absolute atomic E-state index is 11.2. The van der Waals surface area contributed by atoms with Crippen molar-refractivity contribution in [3.63, 3.8) is 0 Å². The number of nitrogens with one attached hydrogen (secondary N) is 1. The Morgan fingerprint density at radius 2 is 1.94 bits per heavy atom. The highest BCUT2D eigenvalue weighted by molar-refractivity contribution is 7.73. The highest BCUT2D eigenvalue weighted by Gasteiger charge is 2.28. The van der Waals surface area contributed by atoms with Gasteiger partial charge in [-0.25, -0.2) is 4.79 Å². The van der Waals surface area contributed by atoms with Crippen LogP contribution >= 0.6 is 7.26 Å². The van der Waals surface area contributed by atoms with Gasteiger partial charge in [-0.3, -0.25) is 4.79 Å². The molecule has 0 radical (unpaired) electrons. The molecule has 6 heteroatoms. The van der Waals surface area contributed by atoms with Crippen molar-refractivity contribution in [3.8, 4) is 0 Å². The molecule has 0 aliphatic carbocycles. The van der Waals surface area contributed by atoms with E-state index < -0.39 is 25.4 Å². The first-order valence-corrected chi connectivity index (χ1v) is 8.53. The third-order valence-electron chi connectivity index (χ3n) is 1.75.